The van der Waals surface area contributed by atoms with Gasteiger partial charge in [0.1, 0.15) is 12.5 Å². The summed E-state index contributed by atoms with van der Waals surface area (Å²) in [7, 11) is 1.84. The fraction of sp³-hybridized carbons (Fsp3) is 0.517. The normalized spacial score (nSPS) is 23.9. The topological polar surface area (TPSA) is 65.1 Å². The van der Waals surface area contributed by atoms with Gasteiger partial charge in [-0.2, -0.15) is 0 Å². The minimum Gasteiger partial charge on any atom is -0.360 e. The zero-order chi connectivity index (χ0) is 26.7. The van der Waals surface area contributed by atoms with Gasteiger partial charge in [0.25, 0.3) is 0 Å². The summed E-state index contributed by atoms with van der Waals surface area (Å²) in [6.07, 6.45) is 4.34. The summed E-state index contributed by atoms with van der Waals surface area (Å²) in [6.45, 7) is 3.32. The summed E-state index contributed by atoms with van der Waals surface area (Å²) >= 11 is 6.21. The van der Waals surface area contributed by atoms with Crippen molar-refractivity contribution < 1.29 is 18.7 Å². The van der Waals surface area contributed by atoms with E-state index in [9.17, 15) is 14.0 Å². The number of hydrogen-bond donors (Lipinski definition) is 1. The zero-order valence-corrected chi connectivity index (χ0v) is 22.6. The molecule has 0 bridgehead atoms. The van der Waals surface area contributed by atoms with Gasteiger partial charge in [-0.25, -0.2) is 9.18 Å². The Kier molecular flexibility index (Phi) is 8.09. The van der Waals surface area contributed by atoms with Crippen molar-refractivity contribution in [2.24, 2.45) is 11.3 Å². The lowest BCUT2D eigenvalue weighted by molar-refractivity contribution is -0.133. The van der Waals surface area contributed by atoms with Crippen LogP contribution in [0.4, 0.5) is 14.9 Å². The van der Waals surface area contributed by atoms with Crippen molar-refractivity contribution in [2.75, 3.05) is 51.5 Å². The second kappa shape index (κ2) is 11.5. The molecule has 0 radical (unpaired) electrons. The highest BCUT2D eigenvalue weighted by molar-refractivity contribution is 6.30. The van der Waals surface area contributed by atoms with E-state index < -0.39 is 0 Å². The summed E-state index contributed by atoms with van der Waals surface area (Å²) in [5.74, 6) is -0.319. The minimum absolute atomic E-state index is 0.0108. The number of carbonyl (C=O) groups excluding carboxylic acids is 2. The van der Waals surface area contributed by atoms with E-state index in [-0.39, 0.29) is 35.1 Å². The number of urea groups is 1. The molecule has 0 aromatic heterocycles. The molecule has 38 heavy (non-hydrogen) atoms. The first-order valence-corrected chi connectivity index (χ1v) is 13.9. The smallest absolute Gasteiger partial charge is 0.317 e. The second-order valence-electron chi connectivity index (χ2n) is 10.9. The molecule has 7 nitrogen and oxygen atoms in total. The molecule has 2 aromatic rings. The molecular weight excluding hydrogens is 507 g/mol. The number of carbonyl (C=O) groups is 2. The number of amides is 3. The Labute approximate surface area is 228 Å². The van der Waals surface area contributed by atoms with Crippen LogP contribution < -0.4 is 10.2 Å². The highest BCUT2D eigenvalue weighted by Crippen LogP contribution is 2.50. The van der Waals surface area contributed by atoms with Crippen molar-refractivity contribution >= 4 is 29.2 Å². The number of nitrogens with zero attached hydrogens (tertiary/aromatic N) is 3. The molecule has 9 heteroatoms. The Hall–Kier alpha value is -2.84. The Morgan fingerprint density at radius 1 is 1.08 bits per heavy atom. The average molecular weight is 543 g/mol. The first-order valence-electron chi connectivity index (χ1n) is 13.5. The van der Waals surface area contributed by atoms with Gasteiger partial charge in [0.05, 0.1) is 18.6 Å². The van der Waals surface area contributed by atoms with Crippen molar-refractivity contribution in [1.29, 1.82) is 0 Å². The van der Waals surface area contributed by atoms with Gasteiger partial charge < -0.3 is 24.8 Å². The Morgan fingerprint density at radius 3 is 2.50 bits per heavy atom. The van der Waals surface area contributed by atoms with Gasteiger partial charge in [-0.1, -0.05) is 30.2 Å². The predicted molar refractivity (Wildman–Crippen MR) is 146 cm³/mol. The number of likely N-dealkylation sites (tertiary alicyclic amines) is 2. The highest BCUT2D eigenvalue weighted by Gasteiger charge is 2.48. The van der Waals surface area contributed by atoms with E-state index in [1.165, 1.54) is 12.1 Å². The number of benzene rings is 2. The van der Waals surface area contributed by atoms with Crippen LogP contribution in [0.25, 0.3) is 0 Å². The molecule has 2 aromatic carbocycles. The molecule has 3 aliphatic rings. The minimum atomic E-state index is -0.277. The lowest BCUT2D eigenvalue weighted by atomic mass is 9.69. The number of hydrogen-bond acceptors (Lipinski definition) is 4. The standard InChI is InChI=1S/C29H36ClFN4O3/c1-33-15-3-2-4-22(27(33)36)18-32-28(37)34-16-13-29(14-17-34)19-38-20-35(25-11-9-24(31)10-12-25)26(29)21-5-7-23(30)8-6-21/h5-12,22,26H,2-4,13-20H2,1H3,(H,32,37)/t22-,26?/m1/s1. The van der Waals surface area contributed by atoms with Crippen molar-refractivity contribution in [3.8, 4) is 0 Å². The van der Waals surface area contributed by atoms with Crippen LogP contribution in [-0.4, -0.2) is 68.3 Å². The number of anilines is 1. The van der Waals surface area contributed by atoms with Gasteiger partial charge in [0, 0.05) is 49.4 Å². The van der Waals surface area contributed by atoms with E-state index in [0.717, 1.165) is 49.9 Å². The second-order valence-corrected chi connectivity index (χ2v) is 11.3. The summed E-state index contributed by atoms with van der Waals surface area (Å²) in [6, 6.07) is 14.3. The van der Waals surface area contributed by atoms with Gasteiger partial charge in [-0.3, -0.25) is 4.79 Å². The van der Waals surface area contributed by atoms with E-state index >= 15 is 0 Å². The third kappa shape index (κ3) is 5.61. The fourth-order valence-electron chi connectivity index (χ4n) is 6.24. The molecule has 3 fully saturated rings. The van der Waals surface area contributed by atoms with Crippen molar-refractivity contribution in [3.05, 3.63) is 64.9 Å². The van der Waals surface area contributed by atoms with Crippen LogP contribution in [0.2, 0.25) is 5.02 Å². The van der Waals surface area contributed by atoms with E-state index in [1.807, 2.05) is 24.1 Å². The molecule has 204 valence electrons. The van der Waals surface area contributed by atoms with E-state index in [0.29, 0.717) is 38.0 Å². The molecule has 1 N–H and O–H groups in total. The van der Waals surface area contributed by atoms with Crippen LogP contribution in [-0.2, 0) is 9.53 Å². The molecule has 3 aliphatic heterocycles. The summed E-state index contributed by atoms with van der Waals surface area (Å²) in [5, 5.41) is 3.70. The number of rotatable bonds is 4. The summed E-state index contributed by atoms with van der Waals surface area (Å²) in [5.41, 5.74) is 1.79. The van der Waals surface area contributed by atoms with Crippen molar-refractivity contribution in [1.82, 2.24) is 15.1 Å². The van der Waals surface area contributed by atoms with Crippen LogP contribution in [0, 0.1) is 17.2 Å². The Morgan fingerprint density at radius 2 is 1.79 bits per heavy atom. The first-order chi connectivity index (χ1) is 18.4. The monoisotopic (exact) mass is 542 g/mol. The Bertz CT molecular complexity index is 1120. The largest absolute Gasteiger partial charge is 0.360 e. The maximum atomic E-state index is 13.7. The van der Waals surface area contributed by atoms with Crippen molar-refractivity contribution in [2.45, 2.75) is 38.1 Å². The molecular formula is C29H36ClFN4O3. The zero-order valence-electron chi connectivity index (χ0n) is 21.9. The molecule has 5 rings (SSSR count). The quantitative estimate of drug-likeness (QED) is 0.586. The van der Waals surface area contributed by atoms with E-state index in [2.05, 4.69) is 22.3 Å². The average Bonchev–Trinajstić information content (AvgIpc) is 3.09. The van der Waals surface area contributed by atoms with Gasteiger partial charge in [0.15, 0.2) is 0 Å². The molecule has 2 atom stereocenters. The van der Waals surface area contributed by atoms with Gasteiger partial charge >= 0.3 is 6.03 Å². The van der Waals surface area contributed by atoms with E-state index in [4.69, 9.17) is 16.3 Å². The number of ether oxygens (including phenoxy) is 1. The molecule has 1 unspecified atom stereocenters. The molecule has 3 amide bonds. The third-order valence-electron chi connectivity index (χ3n) is 8.42. The van der Waals surface area contributed by atoms with Gasteiger partial charge in [0.2, 0.25) is 5.91 Å². The molecule has 0 aliphatic carbocycles. The highest BCUT2D eigenvalue weighted by atomic mass is 35.5. The fourth-order valence-corrected chi connectivity index (χ4v) is 6.36. The molecule has 1 spiro atoms. The third-order valence-corrected chi connectivity index (χ3v) is 8.68. The molecule has 0 saturated carbocycles. The maximum absolute atomic E-state index is 13.7. The van der Waals surface area contributed by atoms with Crippen LogP contribution >= 0.6 is 11.6 Å². The number of nitrogens with one attached hydrogen (secondary N) is 1. The van der Waals surface area contributed by atoms with E-state index in [1.54, 1.807) is 17.0 Å². The van der Waals surface area contributed by atoms with Crippen LogP contribution in [0.3, 0.4) is 0 Å². The van der Waals surface area contributed by atoms with Crippen LogP contribution in [0.5, 0.6) is 0 Å². The molecule has 3 saturated heterocycles. The first kappa shape index (κ1) is 26.8. The van der Waals surface area contributed by atoms with Gasteiger partial charge in [-0.05, 0) is 67.6 Å². The van der Waals surface area contributed by atoms with Crippen LogP contribution in [0.15, 0.2) is 48.5 Å². The lowest BCUT2D eigenvalue weighted by Gasteiger charge is -2.54. The number of halogens is 2. The predicted octanol–water partition coefficient (Wildman–Crippen LogP) is 5.06. The van der Waals surface area contributed by atoms with Gasteiger partial charge in [-0.15, -0.1) is 0 Å². The van der Waals surface area contributed by atoms with Crippen LogP contribution in [0.1, 0.15) is 43.7 Å². The lowest BCUT2D eigenvalue weighted by Crippen LogP contribution is -2.56. The van der Waals surface area contributed by atoms with Crippen molar-refractivity contribution in [3.63, 3.8) is 0 Å². The SMILES string of the molecule is CN1CCCC[C@H](CNC(=O)N2CCC3(CC2)COCN(c2ccc(F)cc2)C3c2ccc(Cl)cc2)C1=O. The Balaban J connectivity index is 1.30. The summed E-state index contributed by atoms with van der Waals surface area (Å²) in [4.78, 5) is 31.5. The molecule has 3 heterocycles. The maximum Gasteiger partial charge on any atom is 0.317 e. The summed E-state index contributed by atoms with van der Waals surface area (Å²) < 4.78 is 19.8. The number of piperidine rings is 1.